The minimum atomic E-state index is -5.02. The van der Waals surface area contributed by atoms with E-state index in [0.29, 0.717) is 0 Å². The van der Waals surface area contributed by atoms with Crippen molar-refractivity contribution in [2.45, 2.75) is 30.9 Å². The molecular weight excluding hydrogens is 646 g/mol. The molecule has 244 valence electrons. The van der Waals surface area contributed by atoms with Crippen molar-refractivity contribution in [2.75, 3.05) is 34.4 Å². The van der Waals surface area contributed by atoms with Crippen LogP contribution in [0.2, 0.25) is 5.02 Å². The van der Waals surface area contributed by atoms with Crippen LogP contribution in [-0.4, -0.2) is 41.0 Å². The number of nitrogens with one attached hydrogen (secondary N) is 2. The van der Waals surface area contributed by atoms with Gasteiger partial charge in [0.05, 0.1) is 56.6 Å². The zero-order valence-corrected chi connectivity index (χ0v) is 25.9. The maximum Gasteiger partial charge on any atom is 0.418 e. The van der Waals surface area contributed by atoms with E-state index in [1.165, 1.54) is 37.1 Å². The number of nitrogen functional groups attached to an aromatic ring is 1. The van der Waals surface area contributed by atoms with Gasteiger partial charge in [-0.2, -0.15) is 13.2 Å². The summed E-state index contributed by atoms with van der Waals surface area (Å²) in [7, 11) is 14.1. The zero-order chi connectivity index (χ0) is 35.2. The molecule has 0 aliphatic carbocycles. The van der Waals surface area contributed by atoms with Gasteiger partial charge in [-0.15, -0.1) is 0 Å². The molecule has 3 aromatic rings. The monoisotopic (exact) mass is 674 g/mol. The summed E-state index contributed by atoms with van der Waals surface area (Å²) < 4.78 is 98.2. The molecule has 0 aromatic heterocycles. The highest BCUT2D eigenvalue weighted by atomic mass is 35.5. The second-order valence-electron chi connectivity index (χ2n) is 10.8. The summed E-state index contributed by atoms with van der Waals surface area (Å²) in [5, 5.41) is 4.35. The molecule has 0 spiro atoms. The lowest BCUT2D eigenvalue weighted by molar-refractivity contribution is -0.137. The average molecular weight is 675 g/mol. The molecule has 1 atom stereocenters. The first-order chi connectivity index (χ1) is 21.8. The highest BCUT2D eigenvalue weighted by Gasteiger charge is 2.41. The second kappa shape index (κ2) is 13.1. The largest absolute Gasteiger partial charge is 0.418 e. The van der Waals surface area contributed by atoms with E-state index in [2.05, 4.69) is 23.8 Å². The van der Waals surface area contributed by atoms with Crippen LogP contribution >= 0.6 is 11.6 Å². The maximum absolute atomic E-state index is 14.6. The first-order valence-corrected chi connectivity index (χ1v) is 14.2. The molecule has 1 heterocycles. The van der Waals surface area contributed by atoms with Crippen molar-refractivity contribution >= 4 is 61.8 Å². The lowest BCUT2D eigenvalue weighted by Crippen LogP contribution is -2.48. The van der Waals surface area contributed by atoms with Gasteiger partial charge >= 0.3 is 6.18 Å². The normalized spacial score (nSPS) is 14.5. The minimum Gasteiger partial charge on any atom is -0.403 e. The Balaban J connectivity index is 2.11. The van der Waals surface area contributed by atoms with Gasteiger partial charge in [0, 0.05) is 33.6 Å². The van der Waals surface area contributed by atoms with Gasteiger partial charge in [0.15, 0.2) is 0 Å². The summed E-state index contributed by atoms with van der Waals surface area (Å²) in [4.78, 5) is 2.46. The van der Waals surface area contributed by atoms with Crippen molar-refractivity contribution in [1.29, 1.82) is 0 Å². The van der Waals surface area contributed by atoms with Crippen LogP contribution in [0.15, 0.2) is 61.6 Å². The van der Waals surface area contributed by atoms with Crippen LogP contribution in [0.1, 0.15) is 40.8 Å². The average Bonchev–Trinajstić information content (AvgIpc) is 3.24. The first-order valence-electron chi connectivity index (χ1n) is 13.8. The molecule has 1 aliphatic heterocycles. The third kappa shape index (κ3) is 6.77. The van der Waals surface area contributed by atoms with Crippen molar-refractivity contribution < 1.29 is 30.7 Å². The molecule has 0 saturated carbocycles. The zero-order valence-electron chi connectivity index (χ0n) is 25.1. The topological polar surface area (TPSA) is 82.6 Å². The van der Waals surface area contributed by atoms with Crippen molar-refractivity contribution in [3.05, 3.63) is 106 Å². The Hall–Kier alpha value is -4.23. The number of anilines is 4. The molecule has 47 heavy (non-hydrogen) atoms. The highest BCUT2D eigenvalue weighted by Crippen LogP contribution is 2.52. The van der Waals surface area contributed by atoms with Crippen LogP contribution in [0.5, 0.6) is 0 Å². The van der Waals surface area contributed by atoms with E-state index in [1.807, 2.05) is 0 Å². The molecule has 6 nitrogen and oxygen atoms in total. The van der Waals surface area contributed by atoms with E-state index in [1.54, 1.807) is 0 Å². The second-order valence-corrected chi connectivity index (χ2v) is 11.2. The Labute approximate surface area is 274 Å². The molecule has 0 bridgehead atoms. The van der Waals surface area contributed by atoms with Crippen molar-refractivity contribution in [3.63, 3.8) is 0 Å². The first kappa shape index (κ1) is 35.6. The summed E-state index contributed by atoms with van der Waals surface area (Å²) in [5.41, 5.74) is 9.66. The summed E-state index contributed by atoms with van der Waals surface area (Å²) >= 11 is 6.51. The lowest BCUT2D eigenvalue weighted by atomic mass is 9.62. The number of fused-ring (bicyclic) bond motifs is 1. The fourth-order valence-electron chi connectivity index (χ4n) is 5.62. The molecular formula is C31H28B2ClF7N6. The van der Waals surface area contributed by atoms with Crippen molar-refractivity contribution in [2.24, 2.45) is 5.73 Å². The molecule has 4 radical (unpaired) electrons. The third-order valence-electron chi connectivity index (χ3n) is 7.47. The standard InChI is InChI=1S/C31H28B2ClF7N6/c1-5-17-26(28(44-4)18-8-15(35)6-7-21(18)34)22(11-24-29(17)47(30(3,32)33)14(2)46(24)13-25(37)38)45-23(12-42)19-9-16(36)10-20(27(19)43)31(39,40)41/h5-12,25,28,44-45H,1-2,13,42-43H2,3-4H3/b23-12+. The molecule has 6 N–H and O–H groups in total. The number of rotatable bonds is 10. The summed E-state index contributed by atoms with van der Waals surface area (Å²) in [6, 6.07) is 4.97. The van der Waals surface area contributed by atoms with Crippen LogP contribution < -0.4 is 31.9 Å². The third-order valence-corrected chi connectivity index (χ3v) is 7.82. The van der Waals surface area contributed by atoms with E-state index < -0.39 is 59.0 Å². The number of halogens is 8. The van der Waals surface area contributed by atoms with Crippen LogP contribution in [0.25, 0.3) is 11.8 Å². The maximum atomic E-state index is 14.6. The van der Waals surface area contributed by atoms with Crippen LogP contribution in [0.3, 0.4) is 0 Å². The predicted octanol–water partition coefficient (Wildman–Crippen LogP) is 6.91. The van der Waals surface area contributed by atoms with Crippen molar-refractivity contribution in [3.8, 4) is 0 Å². The van der Waals surface area contributed by atoms with Gasteiger partial charge in [0.25, 0.3) is 6.43 Å². The minimum absolute atomic E-state index is 0.0249. The number of hydrogen-bond donors (Lipinski definition) is 4. The molecule has 16 heteroatoms. The quantitative estimate of drug-likeness (QED) is 0.106. The Morgan fingerprint density at radius 1 is 1.11 bits per heavy atom. The van der Waals surface area contributed by atoms with Gasteiger partial charge in [0.2, 0.25) is 0 Å². The van der Waals surface area contributed by atoms with E-state index in [-0.39, 0.29) is 56.4 Å². The lowest BCUT2D eigenvalue weighted by Gasteiger charge is -2.38. The van der Waals surface area contributed by atoms with Crippen LogP contribution in [-0.2, 0) is 6.18 Å². The van der Waals surface area contributed by atoms with Gasteiger partial charge in [-0.1, -0.05) is 37.8 Å². The Kier molecular flexibility index (Phi) is 9.94. The van der Waals surface area contributed by atoms with Crippen LogP contribution in [0, 0.1) is 11.6 Å². The molecule has 1 aliphatic rings. The van der Waals surface area contributed by atoms with E-state index >= 15 is 0 Å². The summed E-state index contributed by atoms with van der Waals surface area (Å²) in [6.07, 6.45) is -5.66. The van der Waals surface area contributed by atoms with Gasteiger partial charge in [-0.3, -0.25) is 0 Å². The number of nitrogens with two attached hydrogens (primary N) is 2. The Morgan fingerprint density at radius 3 is 2.30 bits per heavy atom. The molecule has 0 saturated heterocycles. The number of nitrogens with zero attached hydrogens (tertiary/aromatic N) is 2. The molecule has 0 fully saturated rings. The van der Waals surface area contributed by atoms with Gasteiger partial charge < -0.3 is 31.9 Å². The fourth-order valence-corrected chi connectivity index (χ4v) is 5.84. The Morgan fingerprint density at radius 2 is 1.77 bits per heavy atom. The SMILES string of the molecule is [B]C([B])(C)N1C(=C)N(CC(F)F)c2cc(N/C(=C/N)c3cc(F)cc(C(F)(F)F)c3N)c(C(NC)c3cc(F)ccc3Cl)c(C=C)c21. The van der Waals surface area contributed by atoms with E-state index in [9.17, 15) is 30.7 Å². The van der Waals surface area contributed by atoms with Gasteiger partial charge in [-0.05, 0) is 54.3 Å². The Bertz CT molecular complexity index is 1760. The highest BCUT2D eigenvalue weighted by molar-refractivity contribution is 6.42. The fraction of sp³-hybridized carbons (Fsp3) is 0.226. The number of alkyl halides is 5. The van der Waals surface area contributed by atoms with Crippen molar-refractivity contribution in [1.82, 2.24) is 5.32 Å². The van der Waals surface area contributed by atoms with Gasteiger partial charge in [0.1, 0.15) is 17.5 Å². The predicted molar refractivity (Wildman–Crippen MR) is 175 cm³/mol. The molecule has 4 rings (SSSR count). The molecule has 0 amide bonds. The molecule has 1 unspecified atom stereocenters. The summed E-state index contributed by atoms with van der Waals surface area (Å²) in [6.45, 7) is 8.40. The van der Waals surface area contributed by atoms with Gasteiger partial charge in [-0.25, -0.2) is 17.6 Å². The molecule has 3 aromatic carbocycles. The number of hydrogen-bond acceptors (Lipinski definition) is 6. The van der Waals surface area contributed by atoms with Crippen LogP contribution in [0.4, 0.5) is 53.5 Å². The smallest absolute Gasteiger partial charge is 0.403 e. The summed E-state index contributed by atoms with van der Waals surface area (Å²) in [5.74, 6) is -1.93. The van der Waals surface area contributed by atoms with E-state index in [4.69, 9.17) is 38.8 Å². The van der Waals surface area contributed by atoms with E-state index in [0.717, 1.165) is 29.3 Å². The number of benzene rings is 3.